The molecule has 1 saturated heterocycles. The van der Waals surface area contributed by atoms with Gasteiger partial charge in [-0.1, -0.05) is 65.3 Å². The van der Waals surface area contributed by atoms with Gasteiger partial charge in [-0.05, 0) is 17.2 Å². The van der Waals surface area contributed by atoms with E-state index in [0.717, 1.165) is 17.7 Å². The minimum absolute atomic E-state index is 0.124. The molecule has 0 aliphatic carbocycles. The lowest BCUT2D eigenvalue weighted by molar-refractivity contribution is 0.0628. The Kier molecular flexibility index (Phi) is 5.18. The first-order valence-corrected chi connectivity index (χ1v) is 9.30. The Balaban J connectivity index is 1.55. The molecule has 2 heterocycles. The average molecular weight is 382 g/mol. The molecule has 3 aromatic rings. The van der Waals surface area contributed by atoms with Crippen LogP contribution in [-0.2, 0) is 6.54 Å². The SMILES string of the molecule is O=C(c1cn(Cc2ccccc2)nn1)N1CCNCC1c1ccccc1Cl. The molecule has 1 aliphatic heterocycles. The van der Waals surface area contributed by atoms with Crippen molar-refractivity contribution in [2.45, 2.75) is 12.6 Å². The lowest BCUT2D eigenvalue weighted by Crippen LogP contribution is -2.48. The molecular formula is C20H20ClN5O. The van der Waals surface area contributed by atoms with Gasteiger partial charge in [0.05, 0.1) is 18.8 Å². The third kappa shape index (κ3) is 3.86. The molecule has 0 spiro atoms. The van der Waals surface area contributed by atoms with Crippen LogP contribution in [0.3, 0.4) is 0 Å². The number of hydrogen-bond donors (Lipinski definition) is 1. The van der Waals surface area contributed by atoms with Gasteiger partial charge in [0.25, 0.3) is 5.91 Å². The predicted molar refractivity (Wildman–Crippen MR) is 104 cm³/mol. The highest BCUT2D eigenvalue weighted by Gasteiger charge is 2.31. The molecule has 7 heteroatoms. The highest BCUT2D eigenvalue weighted by Crippen LogP contribution is 2.29. The maximum absolute atomic E-state index is 13.1. The van der Waals surface area contributed by atoms with E-state index in [0.29, 0.717) is 30.4 Å². The summed E-state index contributed by atoms with van der Waals surface area (Å²) in [6, 6.07) is 17.5. The summed E-state index contributed by atoms with van der Waals surface area (Å²) in [5.74, 6) is -0.124. The maximum Gasteiger partial charge on any atom is 0.276 e. The molecule has 27 heavy (non-hydrogen) atoms. The van der Waals surface area contributed by atoms with Crippen LogP contribution in [-0.4, -0.2) is 45.4 Å². The summed E-state index contributed by atoms with van der Waals surface area (Å²) in [6.07, 6.45) is 1.71. The van der Waals surface area contributed by atoms with E-state index in [-0.39, 0.29) is 11.9 Å². The van der Waals surface area contributed by atoms with Gasteiger partial charge in [-0.25, -0.2) is 4.68 Å². The smallest absolute Gasteiger partial charge is 0.276 e. The Bertz CT molecular complexity index is 927. The lowest BCUT2D eigenvalue weighted by atomic mass is 10.0. The summed E-state index contributed by atoms with van der Waals surface area (Å²) in [5.41, 5.74) is 2.40. The number of carbonyl (C=O) groups is 1. The minimum atomic E-state index is -0.126. The maximum atomic E-state index is 13.1. The first-order chi connectivity index (χ1) is 13.2. The van der Waals surface area contributed by atoms with Crippen LogP contribution in [0.4, 0.5) is 0 Å². The van der Waals surface area contributed by atoms with Gasteiger partial charge in [0, 0.05) is 24.7 Å². The lowest BCUT2D eigenvalue weighted by Gasteiger charge is -2.36. The van der Waals surface area contributed by atoms with Crippen LogP contribution < -0.4 is 5.32 Å². The number of carbonyl (C=O) groups excluding carboxylic acids is 1. The van der Waals surface area contributed by atoms with Gasteiger partial charge >= 0.3 is 0 Å². The fourth-order valence-corrected chi connectivity index (χ4v) is 3.62. The van der Waals surface area contributed by atoms with Gasteiger partial charge in [-0.15, -0.1) is 5.10 Å². The van der Waals surface area contributed by atoms with Crippen LogP contribution in [0.1, 0.15) is 27.7 Å². The van der Waals surface area contributed by atoms with Crippen molar-refractivity contribution in [1.29, 1.82) is 0 Å². The van der Waals surface area contributed by atoms with E-state index in [2.05, 4.69) is 15.6 Å². The molecule has 1 aromatic heterocycles. The van der Waals surface area contributed by atoms with Gasteiger partial charge in [-0.3, -0.25) is 4.79 Å². The number of hydrogen-bond acceptors (Lipinski definition) is 4. The van der Waals surface area contributed by atoms with E-state index in [1.165, 1.54) is 0 Å². The van der Waals surface area contributed by atoms with E-state index in [1.54, 1.807) is 10.9 Å². The van der Waals surface area contributed by atoms with E-state index >= 15 is 0 Å². The highest BCUT2D eigenvalue weighted by molar-refractivity contribution is 6.31. The van der Waals surface area contributed by atoms with Gasteiger partial charge in [0.2, 0.25) is 0 Å². The highest BCUT2D eigenvalue weighted by atomic mass is 35.5. The molecular weight excluding hydrogens is 362 g/mol. The molecule has 0 bridgehead atoms. The minimum Gasteiger partial charge on any atom is -0.328 e. The van der Waals surface area contributed by atoms with Crippen molar-refractivity contribution in [3.63, 3.8) is 0 Å². The first-order valence-electron chi connectivity index (χ1n) is 8.92. The van der Waals surface area contributed by atoms with Crippen molar-refractivity contribution >= 4 is 17.5 Å². The molecule has 6 nitrogen and oxygen atoms in total. The average Bonchev–Trinajstić information content (AvgIpc) is 3.17. The number of piperazine rings is 1. The van der Waals surface area contributed by atoms with Crippen molar-refractivity contribution < 1.29 is 4.79 Å². The van der Waals surface area contributed by atoms with Gasteiger partial charge in [0.15, 0.2) is 5.69 Å². The summed E-state index contributed by atoms with van der Waals surface area (Å²) in [7, 11) is 0. The normalized spacial score (nSPS) is 17.1. The van der Waals surface area contributed by atoms with E-state index in [9.17, 15) is 4.79 Å². The van der Waals surface area contributed by atoms with Crippen LogP contribution in [0, 0.1) is 0 Å². The number of nitrogens with one attached hydrogen (secondary N) is 1. The topological polar surface area (TPSA) is 63.1 Å². The molecule has 0 radical (unpaired) electrons. The van der Waals surface area contributed by atoms with Crippen molar-refractivity contribution in [1.82, 2.24) is 25.2 Å². The molecule has 4 rings (SSSR count). The third-order valence-electron chi connectivity index (χ3n) is 4.71. The Morgan fingerprint density at radius 3 is 2.74 bits per heavy atom. The second-order valence-corrected chi connectivity index (χ2v) is 6.93. The van der Waals surface area contributed by atoms with Crippen molar-refractivity contribution in [3.8, 4) is 0 Å². The molecule has 1 aliphatic rings. The number of benzene rings is 2. The zero-order valence-corrected chi connectivity index (χ0v) is 15.5. The van der Waals surface area contributed by atoms with Gasteiger partial charge in [0.1, 0.15) is 0 Å². The second-order valence-electron chi connectivity index (χ2n) is 6.53. The molecule has 1 unspecified atom stereocenters. The summed E-state index contributed by atoms with van der Waals surface area (Å²) in [5, 5.41) is 12.2. The number of halogens is 1. The van der Waals surface area contributed by atoms with Crippen LogP contribution >= 0.6 is 11.6 Å². The van der Waals surface area contributed by atoms with Crippen LogP contribution in [0.5, 0.6) is 0 Å². The van der Waals surface area contributed by atoms with E-state index < -0.39 is 0 Å². The largest absolute Gasteiger partial charge is 0.328 e. The Morgan fingerprint density at radius 1 is 1.15 bits per heavy atom. The summed E-state index contributed by atoms with van der Waals surface area (Å²) < 4.78 is 1.69. The third-order valence-corrected chi connectivity index (χ3v) is 5.06. The van der Waals surface area contributed by atoms with E-state index in [1.807, 2.05) is 59.5 Å². The molecule has 1 fully saturated rings. The molecule has 2 aromatic carbocycles. The molecule has 1 atom stereocenters. The molecule has 0 saturated carbocycles. The molecule has 138 valence electrons. The summed E-state index contributed by atoms with van der Waals surface area (Å²) in [6.45, 7) is 2.58. The number of rotatable bonds is 4. The Labute approximate surface area is 162 Å². The predicted octanol–water partition coefficient (Wildman–Crippen LogP) is 2.77. The standard InChI is InChI=1S/C20H20ClN5O/c21-17-9-5-4-8-16(17)19-12-22-10-11-26(19)20(27)18-14-25(24-23-18)13-15-6-2-1-3-7-15/h1-9,14,19,22H,10-13H2. The molecule has 1 amide bonds. The summed E-state index contributed by atoms with van der Waals surface area (Å²) in [4.78, 5) is 14.9. The quantitative estimate of drug-likeness (QED) is 0.754. The number of aromatic nitrogens is 3. The Morgan fingerprint density at radius 2 is 1.93 bits per heavy atom. The summed E-state index contributed by atoms with van der Waals surface area (Å²) >= 11 is 6.37. The zero-order chi connectivity index (χ0) is 18.6. The van der Waals surface area contributed by atoms with Gasteiger partial charge < -0.3 is 10.2 Å². The first kappa shape index (κ1) is 17.7. The van der Waals surface area contributed by atoms with Crippen molar-refractivity contribution in [2.24, 2.45) is 0 Å². The van der Waals surface area contributed by atoms with Crippen LogP contribution in [0.15, 0.2) is 60.8 Å². The van der Waals surface area contributed by atoms with E-state index in [4.69, 9.17) is 11.6 Å². The van der Waals surface area contributed by atoms with Crippen LogP contribution in [0.2, 0.25) is 5.02 Å². The van der Waals surface area contributed by atoms with Crippen molar-refractivity contribution in [2.75, 3.05) is 19.6 Å². The Hall–Kier alpha value is -2.70. The monoisotopic (exact) mass is 381 g/mol. The second kappa shape index (κ2) is 7.90. The fourth-order valence-electron chi connectivity index (χ4n) is 3.36. The van der Waals surface area contributed by atoms with Gasteiger partial charge in [-0.2, -0.15) is 0 Å². The molecule has 1 N–H and O–H groups in total. The van der Waals surface area contributed by atoms with Crippen LogP contribution in [0.25, 0.3) is 0 Å². The number of nitrogens with zero attached hydrogens (tertiary/aromatic N) is 4. The fraction of sp³-hybridized carbons (Fsp3) is 0.250. The van der Waals surface area contributed by atoms with Crippen molar-refractivity contribution in [3.05, 3.63) is 82.6 Å². The zero-order valence-electron chi connectivity index (χ0n) is 14.8. The number of amides is 1.